The smallest absolute Gasteiger partial charge is 0.159 e. The van der Waals surface area contributed by atoms with Crippen molar-refractivity contribution in [3.05, 3.63) is 11.1 Å². The van der Waals surface area contributed by atoms with Crippen molar-refractivity contribution >= 4 is 11.6 Å². The summed E-state index contributed by atoms with van der Waals surface area (Å²) in [5.74, 6) is 0.376. The Balaban J connectivity index is 2.09. The first kappa shape index (κ1) is 11.8. The van der Waals surface area contributed by atoms with Gasteiger partial charge in [-0.05, 0) is 29.9 Å². The first-order valence-electron chi connectivity index (χ1n) is 7.12. The van der Waals surface area contributed by atoms with Gasteiger partial charge in [0.1, 0.15) is 5.78 Å². The maximum atomic E-state index is 12.7. The lowest BCUT2D eigenvalue weighted by molar-refractivity contribution is -0.248. The molecular weight excluding hydrogens is 240 g/mol. The van der Waals surface area contributed by atoms with Gasteiger partial charge in [0.25, 0.3) is 0 Å². The van der Waals surface area contributed by atoms with Crippen LogP contribution in [0.4, 0.5) is 0 Å². The van der Waals surface area contributed by atoms with E-state index in [4.69, 9.17) is 0 Å². The number of ketones is 2. The third kappa shape index (κ3) is 0.743. The van der Waals surface area contributed by atoms with E-state index < -0.39 is 16.9 Å². The predicted molar refractivity (Wildman–Crippen MR) is 69.3 cm³/mol. The summed E-state index contributed by atoms with van der Waals surface area (Å²) in [5, 5.41) is 10.8. The number of Topliss-reactive ketones (excluding diaryl/α,β-unsaturated/α-hetero) is 2. The van der Waals surface area contributed by atoms with E-state index in [1.807, 2.05) is 20.8 Å². The summed E-state index contributed by atoms with van der Waals surface area (Å²) in [7, 11) is 0. The first-order valence-corrected chi connectivity index (χ1v) is 7.12. The fraction of sp³-hybridized carbons (Fsp3) is 0.750. The lowest BCUT2D eigenvalue weighted by atomic mass is 9.28. The number of rotatable bonds is 0. The van der Waals surface area contributed by atoms with E-state index in [0.717, 1.165) is 17.6 Å². The molecule has 102 valence electrons. The van der Waals surface area contributed by atoms with Crippen LogP contribution in [0.3, 0.4) is 0 Å². The number of allylic oxidation sites excluding steroid dienone is 1. The Hall–Kier alpha value is -0.960. The lowest BCUT2D eigenvalue weighted by Crippen LogP contribution is -2.73. The van der Waals surface area contributed by atoms with Crippen LogP contribution in [0.1, 0.15) is 47.0 Å². The summed E-state index contributed by atoms with van der Waals surface area (Å²) in [4.78, 5) is 24.8. The number of hydrogen-bond acceptors (Lipinski definition) is 3. The van der Waals surface area contributed by atoms with Crippen molar-refractivity contribution in [2.75, 3.05) is 0 Å². The highest BCUT2D eigenvalue weighted by Gasteiger charge is 2.88. The van der Waals surface area contributed by atoms with Gasteiger partial charge in [0.15, 0.2) is 5.78 Å². The van der Waals surface area contributed by atoms with E-state index in [2.05, 4.69) is 6.92 Å². The second kappa shape index (κ2) is 2.60. The molecule has 0 aromatic carbocycles. The molecule has 0 heterocycles. The molecule has 5 aliphatic carbocycles. The van der Waals surface area contributed by atoms with Gasteiger partial charge in [0.2, 0.25) is 0 Å². The minimum absolute atomic E-state index is 0.126. The Bertz CT molecular complexity index is 603. The van der Waals surface area contributed by atoms with E-state index in [-0.39, 0.29) is 22.4 Å². The summed E-state index contributed by atoms with van der Waals surface area (Å²) >= 11 is 0. The molecule has 0 radical (unpaired) electrons. The quantitative estimate of drug-likeness (QED) is 0.725. The third-order valence-electron chi connectivity index (χ3n) is 7.74. The van der Waals surface area contributed by atoms with Crippen LogP contribution >= 0.6 is 0 Å². The second-order valence-corrected chi connectivity index (χ2v) is 7.77. The summed E-state index contributed by atoms with van der Waals surface area (Å²) in [6.07, 6.45) is 1.14. The predicted octanol–water partition coefficient (Wildman–Crippen LogP) is 2.03. The Labute approximate surface area is 113 Å². The fourth-order valence-electron chi connectivity index (χ4n) is 6.23. The van der Waals surface area contributed by atoms with Crippen molar-refractivity contribution in [1.29, 1.82) is 0 Å². The van der Waals surface area contributed by atoms with Gasteiger partial charge in [-0.25, -0.2) is 0 Å². The average Bonchev–Trinajstić information content (AvgIpc) is 2.63. The molecule has 0 aromatic heterocycles. The molecule has 5 atom stereocenters. The van der Waals surface area contributed by atoms with Crippen molar-refractivity contribution in [3.63, 3.8) is 0 Å². The van der Waals surface area contributed by atoms with Crippen LogP contribution < -0.4 is 0 Å². The standard InChI is InChI=1S/C16H20O3/c1-8-9(17)5-16-7-14(3)13(2,12(19)11(8)16)6-10(18)15(14,16)4/h12,19H,5-7H2,1-4H3/t12-,13-,14+,15-,16-/m1/s1. The Morgan fingerprint density at radius 1 is 1.16 bits per heavy atom. The van der Waals surface area contributed by atoms with Crippen LogP contribution in [0, 0.1) is 21.7 Å². The molecule has 1 N–H and O–H groups in total. The van der Waals surface area contributed by atoms with Crippen LogP contribution in [-0.2, 0) is 9.59 Å². The minimum atomic E-state index is -0.628. The van der Waals surface area contributed by atoms with Crippen LogP contribution in [0.25, 0.3) is 0 Å². The molecule has 0 aromatic rings. The monoisotopic (exact) mass is 260 g/mol. The van der Waals surface area contributed by atoms with Gasteiger partial charge in [0, 0.05) is 29.1 Å². The SMILES string of the molecule is CC1=C2[C@@H](O)[C@@]3(C)CC(=O)[C@@]4(C)[C@]2(CC1=O)C[C@]43C. The van der Waals surface area contributed by atoms with Crippen molar-refractivity contribution in [3.8, 4) is 0 Å². The maximum Gasteiger partial charge on any atom is 0.159 e. The van der Waals surface area contributed by atoms with Crippen molar-refractivity contribution < 1.29 is 14.7 Å². The number of carbonyl (C=O) groups excluding carboxylic acids is 2. The highest BCUT2D eigenvalue weighted by Crippen LogP contribution is 2.88. The highest BCUT2D eigenvalue weighted by atomic mass is 16.3. The molecule has 4 bridgehead atoms. The molecule has 3 nitrogen and oxygen atoms in total. The van der Waals surface area contributed by atoms with E-state index in [1.165, 1.54) is 0 Å². The van der Waals surface area contributed by atoms with Crippen LogP contribution in [0.15, 0.2) is 11.1 Å². The van der Waals surface area contributed by atoms with Gasteiger partial charge in [0.05, 0.1) is 6.10 Å². The molecule has 4 saturated carbocycles. The van der Waals surface area contributed by atoms with Crippen LogP contribution in [-0.4, -0.2) is 22.8 Å². The summed E-state index contributed by atoms with van der Waals surface area (Å²) in [6, 6.07) is 0. The normalized spacial score (nSPS) is 58.5. The minimum Gasteiger partial charge on any atom is -0.388 e. The first-order chi connectivity index (χ1) is 8.66. The van der Waals surface area contributed by atoms with E-state index in [9.17, 15) is 14.7 Å². The molecule has 0 unspecified atom stereocenters. The molecular formula is C16H20O3. The molecule has 0 saturated heterocycles. The van der Waals surface area contributed by atoms with Gasteiger partial charge in [-0.2, -0.15) is 0 Å². The number of hydrogen-bond donors (Lipinski definition) is 1. The molecule has 0 aliphatic heterocycles. The fourth-order valence-corrected chi connectivity index (χ4v) is 6.23. The zero-order chi connectivity index (χ0) is 14.0. The summed E-state index contributed by atoms with van der Waals surface area (Å²) in [5.41, 5.74) is 0.247. The molecule has 4 fully saturated rings. The zero-order valence-corrected chi connectivity index (χ0v) is 12.0. The number of carbonyl (C=O) groups is 2. The Morgan fingerprint density at radius 2 is 1.79 bits per heavy atom. The molecule has 1 spiro atoms. The molecule has 5 rings (SSSR count). The summed E-state index contributed by atoms with van der Waals surface area (Å²) in [6.45, 7) is 8.04. The largest absolute Gasteiger partial charge is 0.388 e. The van der Waals surface area contributed by atoms with Crippen LogP contribution in [0.2, 0.25) is 0 Å². The maximum absolute atomic E-state index is 12.7. The van der Waals surface area contributed by atoms with E-state index >= 15 is 0 Å². The van der Waals surface area contributed by atoms with Gasteiger partial charge >= 0.3 is 0 Å². The third-order valence-corrected chi connectivity index (χ3v) is 7.74. The molecule has 5 aliphatic rings. The van der Waals surface area contributed by atoms with Gasteiger partial charge in [-0.3, -0.25) is 9.59 Å². The van der Waals surface area contributed by atoms with Gasteiger partial charge in [-0.1, -0.05) is 20.8 Å². The second-order valence-electron chi connectivity index (χ2n) is 7.77. The summed E-state index contributed by atoms with van der Waals surface area (Å²) < 4.78 is 0. The molecule has 3 heteroatoms. The highest BCUT2D eigenvalue weighted by molar-refractivity contribution is 6.04. The number of aliphatic hydroxyl groups is 1. The van der Waals surface area contributed by atoms with Crippen molar-refractivity contribution in [2.24, 2.45) is 21.7 Å². The molecule has 0 amide bonds. The van der Waals surface area contributed by atoms with E-state index in [0.29, 0.717) is 12.8 Å². The Morgan fingerprint density at radius 3 is 2.42 bits per heavy atom. The molecule has 19 heavy (non-hydrogen) atoms. The van der Waals surface area contributed by atoms with Gasteiger partial charge in [-0.15, -0.1) is 0 Å². The average molecular weight is 260 g/mol. The zero-order valence-electron chi connectivity index (χ0n) is 12.0. The van der Waals surface area contributed by atoms with Crippen molar-refractivity contribution in [2.45, 2.75) is 53.1 Å². The topological polar surface area (TPSA) is 54.4 Å². The number of aliphatic hydroxyl groups excluding tert-OH is 1. The van der Waals surface area contributed by atoms with E-state index in [1.54, 1.807) is 0 Å². The van der Waals surface area contributed by atoms with Crippen LogP contribution in [0.5, 0.6) is 0 Å². The van der Waals surface area contributed by atoms with Gasteiger partial charge < -0.3 is 5.11 Å². The Kier molecular flexibility index (Phi) is 1.62. The lowest BCUT2D eigenvalue weighted by Gasteiger charge is -2.74. The van der Waals surface area contributed by atoms with Crippen molar-refractivity contribution in [1.82, 2.24) is 0 Å².